The predicted octanol–water partition coefficient (Wildman–Crippen LogP) is 3.22. The van der Waals surface area contributed by atoms with Crippen LogP contribution in [-0.2, 0) is 11.3 Å². The average molecular weight is 431 g/mol. The Morgan fingerprint density at radius 3 is 2.59 bits per heavy atom. The highest BCUT2D eigenvalue weighted by atomic mass is 16.2. The lowest BCUT2D eigenvalue weighted by Crippen LogP contribution is -2.57. The van der Waals surface area contributed by atoms with Crippen LogP contribution in [0.3, 0.4) is 0 Å². The van der Waals surface area contributed by atoms with Crippen molar-refractivity contribution in [2.45, 2.75) is 38.1 Å². The maximum atomic E-state index is 12.6. The van der Waals surface area contributed by atoms with Crippen molar-refractivity contribution < 1.29 is 9.59 Å². The van der Waals surface area contributed by atoms with Gasteiger partial charge in [-0.1, -0.05) is 67.1 Å². The molecule has 2 aromatic carbocycles. The zero-order valence-electron chi connectivity index (χ0n) is 17.6. The summed E-state index contributed by atoms with van der Waals surface area (Å²) in [6, 6.07) is 21.1. The van der Waals surface area contributed by atoms with Gasteiger partial charge in [0, 0.05) is 24.2 Å². The highest BCUT2D eigenvalue weighted by molar-refractivity contribution is 5.89. The molecule has 2 fully saturated rings. The van der Waals surface area contributed by atoms with Crippen molar-refractivity contribution >= 4 is 17.8 Å². The molecular weight excluding hydrogens is 404 g/mol. The number of aromatic nitrogens is 2. The summed E-state index contributed by atoms with van der Waals surface area (Å²) < 4.78 is 1.65. The van der Waals surface area contributed by atoms with Gasteiger partial charge in [-0.2, -0.15) is 5.10 Å². The van der Waals surface area contributed by atoms with Gasteiger partial charge in [0.05, 0.1) is 11.6 Å². The Hall–Kier alpha value is -3.65. The molecule has 8 heteroatoms. The summed E-state index contributed by atoms with van der Waals surface area (Å²) in [7, 11) is 0. The lowest BCUT2D eigenvalue weighted by atomic mass is 10.0. The van der Waals surface area contributed by atoms with E-state index in [2.05, 4.69) is 21.3 Å². The lowest BCUT2D eigenvalue weighted by Gasteiger charge is -2.34. The Balaban J connectivity index is 1.38. The maximum absolute atomic E-state index is 12.6. The highest BCUT2D eigenvalue weighted by Crippen LogP contribution is 2.31. The summed E-state index contributed by atoms with van der Waals surface area (Å²) in [4.78, 5) is 25.3. The van der Waals surface area contributed by atoms with Crippen molar-refractivity contribution in [2.24, 2.45) is 5.92 Å². The fraction of sp³-hybridized carbons (Fsp3) is 0.292. The lowest BCUT2D eigenvalue weighted by molar-refractivity contribution is -0.130. The number of urea groups is 1. The minimum Gasteiger partial charge on any atom is -0.334 e. The molecular formula is C24H26N6O2. The van der Waals surface area contributed by atoms with Gasteiger partial charge in [0.15, 0.2) is 6.29 Å². The van der Waals surface area contributed by atoms with Gasteiger partial charge >= 0.3 is 6.03 Å². The van der Waals surface area contributed by atoms with Crippen molar-refractivity contribution in [1.82, 2.24) is 25.7 Å². The zero-order chi connectivity index (χ0) is 21.9. The zero-order valence-corrected chi connectivity index (χ0v) is 17.6. The highest BCUT2D eigenvalue weighted by Gasteiger charge is 2.40. The van der Waals surface area contributed by atoms with Gasteiger partial charge in [-0.3, -0.25) is 15.4 Å². The van der Waals surface area contributed by atoms with Crippen LogP contribution in [0, 0.1) is 5.92 Å². The molecule has 3 amide bonds. The molecule has 2 aliphatic rings. The van der Waals surface area contributed by atoms with Crippen LogP contribution in [0.2, 0.25) is 0 Å². The summed E-state index contributed by atoms with van der Waals surface area (Å²) in [6.45, 7) is 0.411. The van der Waals surface area contributed by atoms with Gasteiger partial charge in [0.1, 0.15) is 5.82 Å². The van der Waals surface area contributed by atoms with E-state index in [0.29, 0.717) is 18.1 Å². The number of fused-ring (bicyclic) bond motifs is 1. The topological polar surface area (TPSA) is 100 Å². The first-order valence-electron chi connectivity index (χ1n) is 11.0. The third kappa shape index (κ3) is 4.22. The Morgan fingerprint density at radius 1 is 1.06 bits per heavy atom. The van der Waals surface area contributed by atoms with E-state index in [0.717, 1.165) is 30.4 Å². The van der Waals surface area contributed by atoms with E-state index < -0.39 is 6.29 Å². The third-order valence-corrected chi connectivity index (χ3v) is 6.09. The number of rotatable bonds is 5. The minimum atomic E-state index is -0.524. The number of hydrogen-bond acceptors (Lipinski definition) is 4. The van der Waals surface area contributed by atoms with Crippen molar-refractivity contribution in [3.8, 4) is 11.3 Å². The van der Waals surface area contributed by atoms with E-state index in [1.807, 2.05) is 66.7 Å². The predicted molar refractivity (Wildman–Crippen MR) is 121 cm³/mol. The van der Waals surface area contributed by atoms with Crippen molar-refractivity contribution in [3.05, 3.63) is 72.3 Å². The Bertz CT molecular complexity index is 1100. The summed E-state index contributed by atoms with van der Waals surface area (Å²) in [5.41, 5.74) is 2.66. The molecule has 4 N–H and O–H groups in total. The summed E-state index contributed by atoms with van der Waals surface area (Å²) in [6.07, 6.45) is 2.37. The van der Waals surface area contributed by atoms with E-state index >= 15 is 0 Å². The number of hydrogen-bond donors (Lipinski definition) is 4. The van der Waals surface area contributed by atoms with Gasteiger partial charge in [0.2, 0.25) is 5.91 Å². The number of carbonyl (C=O) groups is 2. The van der Waals surface area contributed by atoms with Crippen LogP contribution in [0.4, 0.5) is 10.6 Å². The summed E-state index contributed by atoms with van der Waals surface area (Å²) >= 11 is 0. The number of carbonyl (C=O) groups excluding carboxylic acids is 2. The molecule has 0 spiro atoms. The SMILES string of the molecule is O=C(NCc1ccccc1)Nc1cc(-c2ccccc2)nn1C1NC(=O)C2CCCC2N1. The van der Waals surface area contributed by atoms with E-state index in [9.17, 15) is 9.59 Å². The van der Waals surface area contributed by atoms with Gasteiger partial charge < -0.3 is 10.6 Å². The molecule has 1 aromatic heterocycles. The number of nitrogens with zero attached hydrogens (tertiary/aromatic N) is 2. The van der Waals surface area contributed by atoms with Crippen LogP contribution >= 0.6 is 0 Å². The van der Waals surface area contributed by atoms with Crippen LogP contribution in [0.1, 0.15) is 31.1 Å². The molecule has 164 valence electrons. The molecule has 1 saturated heterocycles. The normalized spacial score (nSPS) is 22.1. The molecule has 8 nitrogen and oxygen atoms in total. The first kappa shape index (κ1) is 20.3. The van der Waals surface area contributed by atoms with Crippen LogP contribution in [0.15, 0.2) is 66.7 Å². The quantitative estimate of drug-likeness (QED) is 0.499. The van der Waals surface area contributed by atoms with Crippen molar-refractivity contribution in [2.75, 3.05) is 5.32 Å². The number of amides is 3. The summed E-state index contributed by atoms with van der Waals surface area (Å²) in [5, 5.41) is 17.0. The molecule has 3 aromatic rings. The first-order chi connectivity index (χ1) is 15.7. The van der Waals surface area contributed by atoms with Crippen LogP contribution in [0.5, 0.6) is 0 Å². The van der Waals surface area contributed by atoms with Crippen LogP contribution in [0.25, 0.3) is 11.3 Å². The van der Waals surface area contributed by atoms with Gasteiger partial charge in [-0.05, 0) is 18.4 Å². The fourth-order valence-electron chi connectivity index (χ4n) is 4.46. The second kappa shape index (κ2) is 8.84. The average Bonchev–Trinajstić information content (AvgIpc) is 3.46. The second-order valence-corrected chi connectivity index (χ2v) is 8.24. The molecule has 32 heavy (non-hydrogen) atoms. The van der Waals surface area contributed by atoms with Crippen LogP contribution in [-0.4, -0.2) is 27.8 Å². The van der Waals surface area contributed by atoms with Gasteiger partial charge in [-0.25, -0.2) is 9.48 Å². The molecule has 3 atom stereocenters. The molecule has 2 heterocycles. The molecule has 0 radical (unpaired) electrons. The van der Waals surface area contributed by atoms with Gasteiger partial charge in [0.25, 0.3) is 0 Å². The number of nitrogens with one attached hydrogen (secondary N) is 4. The van der Waals surface area contributed by atoms with Crippen LogP contribution < -0.4 is 21.3 Å². The molecule has 0 bridgehead atoms. The molecule has 1 saturated carbocycles. The van der Waals surface area contributed by atoms with E-state index in [-0.39, 0.29) is 23.9 Å². The summed E-state index contributed by atoms with van der Waals surface area (Å²) in [5.74, 6) is 0.539. The fourth-order valence-corrected chi connectivity index (χ4v) is 4.46. The number of benzene rings is 2. The molecule has 3 unspecified atom stereocenters. The maximum Gasteiger partial charge on any atom is 0.320 e. The largest absolute Gasteiger partial charge is 0.334 e. The monoisotopic (exact) mass is 430 g/mol. The number of anilines is 1. The van der Waals surface area contributed by atoms with Gasteiger partial charge in [-0.15, -0.1) is 0 Å². The Morgan fingerprint density at radius 2 is 1.81 bits per heavy atom. The molecule has 1 aliphatic carbocycles. The Kier molecular flexibility index (Phi) is 5.60. The second-order valence-electron chi connectivity index (χ2n) is 8.24. The molecule has 5 rings (SSSR count). The van der Waals surface area contributed by atoms with E-state index in [1.165, 1.54) is 0 Å². The van der Waals surface area contributed by atoms with Crippen molar-refractivity contribution in [1.29, 1.82) is 0 Å². The van der Waals surface area contributed by atoms with E-state index in [4.69, 9.17) is 5.10 Å². The minimum absolute atomic E-state index is 0.000913. The third-order valence-electron chi connectivity index (χ3n) is 6.09. The Labute approximate surface area is 186 Å². The van der Waals surface area contributed by atoms with Crippen molar-refractivity contribution in [3.63, 3.8) is 0 Å². The van der Waals surface area contributed by atoms with E-state index in [1.54, 1.807) is 4.68 Å². The smallest absolute Gasteiger partial charge is 0.320 e. The molecule has 1 aliphatic heterocycles. The first-order valence-corrected chi connectivity index (χ1v) is 11.0. The standard InChI is InChI=1S/C24H26N6O2/c31-22-18-12-7-13-19(18)26-23(28-22)30-21(14-20(29-30)17-10-5-2-6-11-17)27-24(32)25-15-16-8-3-1-4-9-16/h1-6,8-11,14,18-19,23,26H,7,12-13,15H2,(H,28,31)(H2,25,27,32).